The highest BCUT2D eigenvalue weighted by molar-refractivity contribution is 5.96. The fourth-order valence-corrected chi connectivity index (χ4v) is 4.17. The van der Waals surface area contributed by atoms with Crippen molar-refractivity contribution < 1.29 is 14.6 Å². The first-order valence-electron chi connectivity index (χ1n) is 10.8. The largest absolute Gasteiger partial charge is 0.494 e. The second-order valence-electron chi connectivity index (χ2n) is 9.00. The summed E-state index contributed by atoms with van der Waals surface area (Å²) in [5.41, 5.74) is 6.28. The predicted molar refractivity (Wildman–Crippen MR) is 117 cm³/mol. The average Bonchev–Trinajstić information content (AvgIpc) is 3.46. The van der Waals surface area contributed by atoms with Crippen molar-refractivity contribution in [3.63, 3.8) is 0 Å². The number of hydrogen-bond donors (Lipinski definition) is 3. The van der Waals surface area contributed by atoms with Gasteiger partial charge in [-0.2, -0.15) is 9.61 Å². The molecule has 0 radical (unpaired) electrons. The molecule has 5 rings (SSSR count). The fourth-order valence-electron chi connectivity index (χ4n) is 4.17. The van der Waals surface area contributed by atoms with Gasteiger partial charge in [-0.25, -0.2) is 4.98 Å². The Morgan fingerprint density at radius 1 is 1.38 bits per heavy atom. The molecule has 4 N–H and O–H groups in total. The number of nitrogens with one attached hydrogen (secondary N) is 1. The van der Waals surface area contributed by atoms with Gasteiger partial charge in [0.05, 0.1) is 5.69 Å². The molecule has 3 aromatic heterocycles. The number of carbonyl (C=O) groups excluding carboxylic acids is 1. The second-order valence-corrected chi connectivity index (χ2v) is 9.00. The maximum atomic E-state index is 13.2. The van der Waals surface area contributed by atoms with E-state index in [-0.39, 0.29) is 28.7 Å². The van der Waals surface area contributed by atoms with Crippen LogP contribution < -0.4 is 16.6 Å². The van der Waals surface area contributed by atoms with Crippen LogP contribution in [0.4, 0.5) is 5.82 Å². The molecule has 1 saturated carbocycles. The van der Waals surface area contributed by atoms with Crippen molar-refractivity contribution in [3.8, 4) is 17.1 Å². The number of hydrogen-bond acceptors (Lipinski definition) is 7. The monoisotopic (exact) mass is 438 g/mol. The lowest BCUT2D eigenvalue weighted by molar-refractivity contribution is 0.0149. The highest BCUT2D eigenvalue weighted by atomic mass is 16.5. The van der Waals surface area contributed by atoms with E-state index in [4.69, 9.17) is 10.5 Å². The standard InChI is InChI=1S/C22H26N6O4/c1-22(6-9-32-10-7-22)12-27-16-11-15(14-3-2-8-24-18(14)23)26-28(16)21(31)17(20(27)30)19(29)25-13-4-5-13/h2-3,8,11,13,30H,4-7,9-10,12H2,1H3,(H2,23,24)(H,25,29). The van der Waals surface area contributed by atoms with E-state index in [0.717, 1.165) is 25.7 Å². The van der Waals surface area contributed by atoms with E-state index in [9.17, 15) is 14.7 Å². The number of aromatic nitrogens is 4. The lowest BCUT2D eigenvalue weighted by Gasteiger charge is -2.34. The van der Waals surface area contributed by atoms with Gasteiger partial charge in [0, 0.05) is 43.6 Å². The zero-order valence-electron chi connectivity index (χ0n) is 17.9. The summed E-state index contributed by atoms with van der Waals surface area (Å²) in [5.74, 6) is -0.651. The maximum absolute atomic E-state index is 13.2. The molecule has 168 valence electrons. The predicted octanol–water partition coefficient (Wildman–Crippen LogP) is 1.55. The number of ether oxygens (including phenoxy) is 1. The Morgan fingerprint density at radius 3 is 2.81 bits per heavy atom. The third kappa shape index (κ3) is 3.60. The van der Waals surface area contributed by atoms with Crippen LogP contribution >= 0.6 is 0 Å². The Labute approximate surface area is 184 Å². The summed E-state index contributed by atoms with van der Waals surface area (Å²) in [4.78, 5) is 30.2. The van der Waals surface area contributed by atoms with Crippen LogP contribution in [0.15, 0.2) is 29.2 Å². The normalized spacial score (nSPS) is 18.0. The van der Waals surface area contributed by atoms with Crippen LogP contribution in [-0.2, 0) is 11.3 Å². The van der Waals surface area contributed by atoms with Crippen LogP contribution in [0.25, 0.3) is 16.9 Å². The van der Waals surface area contributed by atoms with Crippen molar-refractivity contribution >= 4 is 17.4 Å². The number of nitrogen functional groups attached to an aromatic ring is 1. The summed E-state index contributed by atoms with van der Waals surface area (Å²) in [6, 6.07) is 5.23. The first-order valence-corrected chi connectivity index (χ1v) is 10.8. The molecule has 3 aromatic rings. The van der Waals surface area contributed by atoms with Crippen LogP contribution in [0, 0.1) is 5.41 Å². The Kier molecular flexibility index (Phi) is 4.89. The molecule has 0 spiro atoms. The summed E-state index contributed by atoms with van der Waals surface area (Å²) < 4.78 is 8.28. The molecule has 4 heterocycles. The molecule has 2 aliphatic rings. The molecule has 0 bridgehead atoms. The molecule has 1 saturated heterocycles. The number of fused-ring (bicyclic) bond motifs is 1. The zero-order valence-corrected chi connectivity index (χ0v) is 17.9. The number of nitrogens with two attached hydrogens (primary N) is 1. The molecular weight excluding hydrogens is 412 g/mol. The number of nitrogens with zero attached hydrogens (tertiary/aromatic N) is 4. The van der Waals surface area contributed by atoms with Crippen LogP contribution in [0.5, 0.6) is 5.88 Å². The van der Waals surface area contributed by atoms with Gasteiger partial charge in [0.15, 0.2) is 5.56 Å². The van der Waals surface area contributed by atoms with Crippen LogP contribution in [0.3, 0.4) is 0 Å². The molecule has 0 aromatic carbocycles. The van der Waals surface area contributed by atoms with E-state index in [1.165, 1.54) is 4.52 Å². The van der Waals surface area contributed by atoms with Gasteiger partial charge in [0.1, 0.15) is 11.5 Å². The summed E-state index contributed by atoms with van der Waals surface area (Å²) in [5, 5.41) is 18.4. The van der Waals surface area contributed by atoms with Crippen LogP contribution in [-0.4, -0.2) is 49.4 Å². The van der Waals surface area contributed by atoms with Crippen molar-refractivity contribution in [1.82, 2.24) is 24.5 Å². The number of amides is 1. The topological polar surface area (TPSA) is 137 Å². The van der Waals surface area contributed by atoms with Crippen LogP contribution in [0.2, 0.25) is 0 Å². The van der Waals surface area contributed by atoms with E-state index in [2.05, 4.69) is 22.3 Å². The minimum absolute atomic E-state index is 0.0434. The smallest absolute Gasteiger partial charge is 0.291 e. The van der Waals surface area contributed by atoms with Crippen molar-refractivity contribution in [2.45, 2.75) is 45.2 Å². The number of pyridine rings is 1. The molecule has 0 atom stereocenters. The summed E-state index contributed by atoms with van der Waals surface area (Å²) in [6.07, 6.45) is 4.90. The van der Waals surface area contributed by atoms with Crippen molar-refractivity contribution in [2.75, 3.05) is 18.9 Å². The third-order valence-electron chi connectivity index (χ3n) is 6.35. The van der Waals surface area contributed by atoms with E-state index < -0.39 is 11.5 Å². The molecule has 0 unspecified atom stereocenters. The average molecular weight is 438 g/mol. The minimum Gasteiger partial charge on any atom is -0.494 e. The second kappa shape index (κ2) is 7.63. The van der Waals surface area contributed by atoms with Crippen LogP contribution in [0.1, 0.15) is 43.0 Å². The van der Waals surface area contributed by atoms with Gasteiger partial charge in [-0.1, -0.05) is 6.92 Å². The Hall–Kier alpha value is -3.40. The molecule has 2 fully saturated rings. The van der Waals surface area contributed by atoms with E-state index in [1.54, 1.807) is 29.0 Å². The summed E-state index contributed by atoms with van der Waals surface area (Å²) in [6.45, 7) is 3.77. The Morgan fingerprint density at radius 2 is 2.12 bits per heavy atom. The van der Waals surface area contributed by atoms with Gasteiger partial charge >= 0.3 is 0 Å². The van der Waals surface area contributed by atoms with Crippen molar-refractivity contribution in [1.29, 1.82) is 0 Å². The Balaban J connectivity index is 1.70. The number of rotatable bonds is 5. The number of carbonyl (C=O) groups is 1. The van der Waals surface area contributed by atoms with Gasteiger partial charge in [-0.05, 0) is 43.2 Å². The molecule has 10 nitrogen and oxygen atoms in total. The lowest BCUT2D eigenvalue weighted by Crippen LogP contribution is -2.36. The highest BCUT2D eigenvalue weighted by Gasteiger charge is 2.33. The highest BCUT2D eigenvalue weighted by Crippen LogP contribution is 2.35. The van der Waals surface area contributed by atoms with E-state index in [0.29, 0.717) is 36.7 Å². The SMILES string of the molecule is CC1(Cn2c(O)c(C(=O)NC3CC3)c(=O)n3nc(-c4cccnc4N)cc23)CCOCC1. The molecule has 32 heavy (non-hydrogen) atoms. The first kappa shape index (κ1) is 20.5. The van der Waals surface area contributed by atoms with Gasteiger partial charge in [-0.15, -0.1) is 0 Å². The van der Waals surface area contributed by atoms with Gasteiger partial charge in [0.25, 0.3) is 11.5 Å². The lowest BCUT2D eigenvalue weighted by atomic mass is 9.82. The molecular formula is C22H26N6O4. The minimum atomic E-state index is -0.669. The van der Waals surface area contributed by atoms with E-state index >= 15 is 0 Å². The zero-order chi connectivity index (χ0) is 22.5. The van der Waals surface area contributed by atoms with Gasteiger partial charge < -0.3 is 20.9 Å². The summed E-state index contributed by atoms with van der Waals surface area (Å²) >= 11 is 0. The number of anilines is 1. The van der Waals surface area contributed by atoms with Gasteiger partial charge in [0.2, 0.25) is 5.88 Å². The molecule has 1 aliphatic heterocycles. The third-order valence-corrected chi connectivity index (χ3v) is 6.35. The van der Waals surface area contributed by atoms with Crippen molar-refractivity contribution in [2.24, 2.45) is 5.41 Å². The Bertz CT molecular complexity index is 1250. The first-order chi connectivity index (χ1) is 15.4. The molecule has 10 heteroatoms. The van der Waals surface area contributed by atoms with Crippen molar-refractivity contribution in [3.05, 3.63) is 40.3 Å². The van der Waals surface area contributed by atoms with Gasteiger partial charge in [-0.3, -0.25) is 14.2 Å². The fraction of sp³-hybridized carbons (Fsp3) is 0.455. The molecule has 1 aliphatic carbocycles. The maximum Gasteiger partial charge on any atom is 0.291 e. The number of aromatic hydroxyl groups is 1. The molecule has 1 amide bonds. The quantitative estimate of drug-likeness (QED) is 0.550. The van der Waals surface area contributed by atoms with E-state index in [1.807, 2.05) is 0 Å². The summed E-state index contributed by atoms with van der Waals surface area (Å²) in [7, 11) is 0.